The third-order valence-corrected chi connectivity index (χ3v) is 4.19. The van der Waals surface area contributed by atoms with Crippen LogP contribution in [-0.2, 0) is 13.0 Å². The summed E-state index contributed by atoms with van der Waals surface area (Å²) in [6, 6.07) is 3.06. The standard InChI is InChI=1S/C15H18ClN5O2/c1-8-18-14-4-3-9(7-21(14)20-8)19-15(22)10-5-11(16)12(17)6-13(10)23-2/h5-6,9H,3-4,7,17H2,1-2H3,(H,19,22). The number of benzene rings is 1. The average molecular weight is 336 g/mol. The number of anilines is 1. The number of rotatable bonds is 3. The lowest BCUT2D eigenvalue weighted by Crippen LogP contribution is -2.41. The molecule has 2 heterocycles. The number of ether oxygens (including phenoxy) is 1. The highest BCUT2D eigenvalue weighted by Gasteiger charge is 2.24. The van der Waals surface area contributed by atoms with Crippen molar-refractivity contribution in [2.24, 2.45) is 0 Å². The molecule has 0 aliphatic carbocycles. The number of aromatic nitrogens is 3. The normalized spacial score (nSPS) is 16.7. The Hall–Kier alpha value is -2.28. The van der Waals surface area contributed by atoms with Crippen molar-refractivity contribution in [3.63, 3.8) is 0 Å². The zero-order valence-corrected chi connectivity index (χ0v) is 13.7. The lowest BCUT2D eigenvalue weighted by molar-refractivity contribution is 0.0923. The van der Waals surface area contributed by atoms with Gasteiger partial charge >= 0.3 is 0 Å². The van der Waals surface area contributed by atoms with E-state index in [-0.39, 0.29) is 11.9 Å². The fraction of sp³-hybridized carbons (Fsp3) is 0.400. The fourth-order valence-electron chi connectivity index (χ4n) is 2.73. The van der Waals surface area contributed by atoms with Crippen molar-refractivity contribution in [2.45, 2.75) is 32.4 Å². The number of nitrogens with two attached hydrogens (primary N) is 1. The van der Waals surface area contributed by atoms with E-state index < -0.39 is 0 Å². The number of carbonyl (C=O) groups excluding carboxylic acids is 1. The van der Waals surface area contributed by atoms with Crippen LogP contribution in [0.3, 0.4) is 0 Å². The number of halogens is 1. The van der Waals surface area contributed by atoms with Crippen LogP contribution < -0.4 is 15.8 Å². The molecule has 0 bridgehead atoms. The number of nitrogen functional groups attached to an aromatic ring is 1. The zero-order valence-electron chi connectivity index (χ0n) is 13.0. The highest BCUT2D eigenvalue weighted by atomic mass is 35.5. The van der Waals surface area contributed by atoms with Gasteiger partial charge in [0.05, 0.1) is 29.9 Å². The summed E-state index contributed by atoms with van der Waals surface area (Å²) in [4.78, 5) is 16.9. The summed E-state index contributed by atoms with van der Waals surface area (Å²) in [6.45, 7) is 2.47. The first-order valence-corrected chi connectivity index (χ1v) is 7.70. The third kappa shape index (κ3) is 3.10. The molecule has 0 fully saturated rings. The number of amides is 1. The molecule has 0 saturated heterocycles. The van der Waals surface area contributed by atoms with Crippen LogP contribution in [0.1, 0.15) is 28.4 Å². The van der Waals surface area contributed by atoms with Crippen LogP contribution in [0.15, 0.2) is 12.1 Å². The molecular formula is C15H18ClN5O2. The number of nitrogens with zero attached hydrogens (tertiary/aromatic N) is 3. The summed E-state index contributed by atoms with van der Waals surface area (Å²) >= 11 is 6.02. The molecule has 1 unspecified atom stereocenters. The number of fused-ring (bicyclic) bond motifs is 1. The molecule has 1 aliphatic heterocycles. The van der Waals surface area contributed by atoms with Gasteiger partial charge in [-0.25, -0.2) is 9.67 Å². The van der Waals surface area contributed by atoms with E-state index in [0.29, 0.717) is 28.6 Å². The van der Waals surface area contributed by atoms with Gasteiger partial charge in [-0.3, -0.25) is 4.79 Å². The number of methoxy groups -OCH3 is 1. The molecule has 0 radical (unpaired) electrons. The van der Waals surface area contributed by atoms with Crippen LogP contribution in [0, 0.1) is 6.92 Å². The second-order valence-electron chi connectivity index (χ2n) is 5.54. The second-order valence-corrected chi connectivity index (χ2v) is 5.95. The van der Waals surface area contributed by atoms with Crippen LogP contribution in [-0.4, -0.2) is 33.8 Å². The maximum Gasteiger partial charge on any atom is 0.255 e. The van der Waals surface area contributed by atoms with Gasteiger partial charge < -0.3 is 15.8 Å². The minimum absolute atomic E-state index is 0.0165. The smallest absolute Gasteiger partial charge is 0.255 e. The average Bonchev–Trinajstić information content (AvgIpc) is 2.88. The van der Waals surface area contributed by atoms with Crippen LogP contribution in [0.2, 0.25) is 5.02 Å². The SMILES string of the molecule is COc1cc(N)c(Cl)cc1C(=O)NC1CCc2nc(C)nn2C1. The predicted octanol–water partition coefficient (Wildman–Crippen LogP) is 1.58. The Kier molecular flexibility index (Phi) is 4.12. The van der Waals surface area contributed by atoms with Gasteiger partial charge in [0.25, 0.3) is 5.91 Å². The largest absolute Gasteiger partial charge is 0.496 e. The monoisotopic (exact) mass is 335 g/mol. The number of hydrogen-bond donors (Lipinski definition) is 2. The van der Waals surface area contributed by atoms with E-state index in [1.807, 2.05) is 11.6 Å². The molecule has 0 spiro atoms. The highest BCUT2D eigenvalue weighted by molar-refractivity contribution is 6.33. The summed E-state index contributed by atoms with van der Waals surface area (Å²) in [5.41, 5.74) is 6.49. The van der Waals surface area contributed by atoms with Gasteiger partial charge in [0.15, 0.2) is 0 Å². The van der Waals surface area contributed by atoms with Crippen molar-refractivity contribution in [2.75, 3.05) is 12.8 Å². The Morgan fingerprint density at radius 3 is 3.04 bits per heavy atom. The van der Waals surface area contributed by atoms with E-state index in [9.17, 15) is 4.79 Å². The molecule has 1 aromatic carbocycles. The molecule has 7 nitrogen and oxygen atoms in total. The Morgan fingerprint density at radius 1 is 1.52 bits per heavy atom. The van der Waals surface area contributed by atoms with Crippen molar-refractivity contribution in [3.05, 3.63) is 34.4 Å². The quantitative estimate of drug-likeness (QED) is 0.830. The Bertz CT molecular complexity index is 759. The zero-order chi connectivity index (χ0) is 16.6. The van der Waals surface area contributed by atoms with E-state index in [1.54, 1.807) is 6.07 Å². The van der Waals surface area contributed by atoms with Crippen LogP contribution in [0.5, 0.6) is 5.75 Å². The number of carbonyl (C=O) groups is 1. The van der Waals surface area contributed by atoms with Gasteiger partial charge in [0.1, 0.15) is 17.4 Å². The number of nitrogens with one attached hydrogen (secondary N) is 1. The van der Waals surface area contributed by atoms with Gasteiger partial charge in [-0.1, -0.05) is 11.6 Å². The van der Waals surface area contributed by atoms with Crippen molar-refractivity contribution >= 4 is 23.2 Å². The molecule has 23 heavy (non-hydrogen) atoms. The lowest BCUT2D eigenvalue weighted by Gasteiger charge is -2.24. The molecule has 1 aromatic heterocycles. The van der Waals surface area contributed by atoms with E-state index in [1.165, 1.54) is 13.2 Å². The Morgan fingerprint density at radius 2 is 2.30 bits per heavy atom. The number of hydrogen-bond acceptors (Lipinski definition) is 5. The van der Waals surface area contributed by atoms with Crippen molar-refractivity contribution in [1.29, 1.82) is 0 Å². The third-order valence-electron chi connectivity index (χ3n) is 3.86. The minimum Gasteiger partial charge on any atom is -0.496 e. The van der Waals surface area contributed by atoms with Gasteiger partial charge in [0, 0.05) is 18.5 Å². The number of aryl methyl sites for hydroxylation is 2. The fourth-order valence-corrected chi connectivity index (χ4v) is 2.89. The molecule has 1 atom stereocenters. The molecule has 3 N–H and O–H groups in total. The first-order valence-electron chi connectivity index (χ1n) is 7.32. The molecule has 8 heteroatoms. The van der Waals surface area contributed by atoms with Gasteiger partial charge in [-0.05, 0) is 19.4 Å². The van der Waals surface area contributed by atoms with Gasteiger partial charge in [0.2, 0.25) is 0 Å². The molecule has 1 aliphatic rings. The summed E-state index contributed by atoms with van der Waals surface area (Å²) in [6.07, 6.45) is 1.60. The summed E-state index contributed by atoms with van der Waals surface area (Å²) in [5.74, 6) is 1.87. The lowest BCUT2D eigenvalue weighted by atomic mass is 10.1. The topological polar surface area (TPSA) is 95.1 Å². The minimum atomic E-state index is -0.242. The maximum absolute atomic E-state index is 12.5. The molecule has 122 valence electrons. The van der Waals surface area contributed by atoms with E-state index in [2.05, 4.69) is 15.4 Å². The van der Waals surface area contributed by atoms with Crippen LogP contribution >= 0.6 is 11.6 Å². The van der Waals surface area contributed by atoms with Gasteiger partial charge in [-0.2, -0.15) is 5.10 Å². The van der Waals surface area contributed by atoms with Crippen molar-refractivity contribution in [3.8, 4) is 5.75 Å². The molecule has 3 rings (SSSR count). The second kappa shape index (κ2) is 6.08. The molecular weight excluding hydrogens is 318 g/mol. The molecule has 0 saturated carbocycles. The van der Waals surface area contributed by atoms with Crippen LogP contribution in [0.25, 0.3) is 0 Å². The van der Waals surface area contributed by atoms with E-state index in [0.717, 1.165) is 24.5 Å². The first-order chi connectivity index (χ1) is 11.0. The predicted molar refractivity (Wildman–Crippen MR) is 86.8 cm³/mol. The van der Waals surface area contributed by atoms with Gasteiger partial charge in [-0.15, -0.1) is 0 Å². The summed E-state index contributed by atoms with van der Waals surface area (Å²) in [7, 11) is 1.49. The molecule has 1 amide bonds. The highest BCUT2D eigenvalue weighted by Crippen LogP contribution is 2.29. The summed E-state index contributed by atoms with van der Waals surface area (Å²) in [5, 5.41) is 7.66. The van der Waals surface area contributed by atoms with E-state index in [4.69, 9.17) is 22.1 Å². The molecule has 2 aromatic rings. The first kappa shape index (κ1) is 15.6. The Labute approximate surface area is 138 Å². The van der Waals surface area contributed by atoms with E-state index >= 15 is 0 Å². The van der Waals surface area contributed by atoms with Crippen LogP contribution in [0.4, 0.5) is 5.69 Å². The maximum atomic E-state index is 12.5. The van der Waals surface area contributed by atoms with Crippen molar-refractivity contribution < 1.29 is 9.53 Å². The Balaban J connectivity index is 1.76. The van der Waals surface area contributed by atoms with Crippen molar-refractivity contribution in [1.82, 2.24) is 20.1 Å². The summed E-state index contributed by atoms with van der Waals surface area (Å²) < 4.78 is 7.07.